The number of nitrogens with zero attached hydrogens (tertiary/aromatic N) is 1. The van der Waals surface area contributed by atoms with E-state index in [1.165, 1.54) is 127 Å². The summed E-state index contributed by atoms with van der Waals surface area (Å²) in [5, 5.41) is 0. The van der Waals surface area contributed by atoms with E-state index in [-0.39, 0.29) is 0 Å². The minimum absolute atomic E-state index is 1.25. The highest BCUT2D eigenvalue weighted by Crippen LogP contribution is 2.22. The molecule has 0 atom stereocenters. The summed E-state index contributed by atoms with van der Waals surface area (Å²) in [4.78, 5) is 0. The van der Waals surface area contributed by atoms with E-state index >= 15 is 0 Å². The van der Waals surface area contributed by atoms with Crippen molar-refractivity contribution in [3.05, 3.63) is 35.9 Å². The fourth-order valence-electron chi connectivity index (χ4n) is 4.70. The topological polar surface area (TPSA) is 0 Å². The maximum absolute atomic E-state index is 2.36. The molecule has 1 nitrogen and oxygen atoms in total. The molecular formula is C28H52N+. The fraction of sp³-hybridized carbons (Fsp3) is 0.786. The smallest absolute Gasteiger partial charge is 0.104 e. The summed E-state index contributed by atoms with van der Waals surface area (Å²) in [7, 11) is 0. The Balaban J connectivity index is 2.73. The van der Waals surface area contributed by atoms with Crippen LogP contribution in [0.15, 0.2) is 30.3 Å². The highest BCUT2D eigenvalue weighted by Gasteiger charge is 2.26. The monoisotopic (exact) mass is 402 g/mol. The summed E-state index contributed by atoms with van der Waals surface area (Å²) < 4.78 is 1.34. The van der Waals surface area contributed by atoms with Crippen LogP contribution < -0.4 is 0 Å². The van der Waals surface area contributed by atoms with Gasteiger partial charge in [0.1, 0.15) is 6.54 Å². The standard InChI is InChI=1S/C28H52N/c1-4-7-10-13-19-24-29(25-20-14-11-8-5-2,26-21-15-12-9-6-3)27-28-22-17-16-18-23-28/h16-18,22-23H,4-15,19-21,24-27H2,1-3H3/q+1. The van der Waals surface area contributed by atoms with Crippen molar-refractivity contribution in [2.75, 3.05) is 19.6 Å². The molecular weight excluding hydrogens is 350 g/mol. The van der Waals surface area contributed by atoms with Crippen LogP contribution in [0.1, 0.15) is 123 Å². The summed E-state index contributed by atoms with van der Waals surface area (Å²) >= 11 is 0. The molecule has 0 bridgehead atoms. The van der Waals surface area contributed by atoms with Gasteiger partial charge in [0.25, 0.3) is 0 Å². The Kier molecular flexibility index (Phi) is 16.3. The zero-order valence-corrected chi connectivity index (χ0v) is 20.3. The first kappa shape index (κ1) is 26.2. The van der Waals surface area contributed by atoms with Crippen molar-refractivity contribution in [1.29, 1.82) is 0 Å². The van der Waals surface area contributed by atoms with Crippen LogP contribution in [0, 0.1) is 0 Å². The first-order valence-electron chi connectivity index (χ1n) is 13.2. The van der Waals surface area contributed by atoms with E-state index in [1.807, 2.05) is 0 Å². The molecule has 0 aliphatic carbocycles. The SMILES string of the molecule is CCCCCCC[N+](CCCCCCC)(CCCCCCC)Cc1ccccc1. The molecule has 1 aromatic carbocycles. The molecule has 0 heterocycles. The van der Waals surface area contributed by atoms with Gasteiger partial charge in [-0.1, -0.05) is 109 Å². The zero-order valence-electron chi connectivity index (χ0n) is 20.3. The molecule has 0 aliphatic heterocycles. The Bertz CT molecular complexity index is 417. The van der Waals surface area contributed by atoms with Gasteiger partial charge in [0, 0.05) is 5.56 Å². The van der Waals surface area contributed by atoms with Gasteiger partial charge >= 0.3 is 0 Å². The van der Waals surface area contributed by atoms with Crippen molar-refractivity contribution in [3.8, 4) is 0 Å². The van der Waals surface area contributed by atoms with Gasteiger partial charge in [-0.3, -0.25) is 0 Å². The lowest BCUT2D eigenvalue weighted by molar-refractivity contribution is -0.941. The van der Waals surface area contributed by atoms with E-state index in [0.29, 0.717) is 0 Å². The predicted molar refractivity (Wildman–Crippen MR) is 131 cm³/mol. The van der Waals surface area contributed by atoms with Crippen LogP contribution in [-0.4, -0.2) is 24.1 Å². The van der Waals surface area contributed by atoms with Crippen LogP contribution >= 0.6 is 0 Å². The van der Waals surface area contributed by atoms with Gasteiger partial charge in [-0.25, -0.2) is 0 Å². The van der Waals surface area contributed by atoms with Gasteiger partial charge < -0.3 is 4.48 Å². The van der Waals surface area contributed by atoms with Gasteiger partial charge in [0.15, 0.2) is 0 Å². The summed E-state index contributed by atoms with van der Waals surface area (Å²) in [5.74, 6) is 0. The Morgan fingerprint density at radius 3 is 1.24 bits per heavy atom. The molecule has 1 rings (SSSR count). The maximum atomic E-state index is 2.36. The average molecular weight is 403 g/mol. The van der Waals surface area contributed by atoms with Crippen molar-refractivity contribution >= 4 is 0 Å². The Morgan fingerprint density at radius 2 is 0.862 bits per heavy atom. The molecule has 0 aliphatic rings. The molecule has 0 saturated heterocycles. The average Bonchev–Trinajstić information content (AvgIpc) is 2.74. The summed E-state index contributed by atoms with van der Waals surface area (Å²) in [5.41, 5.74) is 1.54. The molecule has 168 valence electrons. The van der Waals surface area contributed by atoms with Gasteiger partial charge in [-0.2, -0.15) is 0 Å². The predicted octanol–water partition coefficient (Wildman–Crippen LogP) is 8.91. The summed E-state index contributed by atoms with van der Waals surface area (Å²) in [6, 6.07) is 11.3. The first-order valence-corrected chi connectivity index (χ1v) is 13.2. The van der Waals surface area contributed by atoms with E-state index in [2.05, 4.69) is 51.1 Å². The zero-order chi connectivity index (χ0) is 21.0. The molecule has 0 unspecified atom stereocenters. The lowest BCUT2D eigenvalue weighted by Crippen LogP contribution is -2.49. The molecule has 0 N–H and O–H groups in total. The third-order valence-corrected chi connectivity index (χ3v) is 6.57. The lowest BCUT2D eigenvalue weighted by Gasteiger charge is -2.39. The largest absolute Gasteiger partial charge is 0.320 e. The quantitative estimate of drug-likeness (QED) is 0.151. The Hall–Kier alpha value is -0.820. The van der Waals surface area contributed by atoms with E-state index in [4.69, 9.17) is 0 Å². The highest BCUT2D eigenvalue weighted by molar-refractivity contribution is 5.13. The second-order valence-electron chi connectivity index (χ2n) is 9.40. The van der Waals surface area contributed by atoms with Crippen molar-refractivity contribution in [1.82, 2.24) is 0 Å². The number of quaternary nitrogens is 1. The number of benzene rings is 1. The van der Waals surface area contributed by atoms with Crippen molar-refractivity contribution in [3.63, 3.8) is 0 Å². The van der Waals surface area contributed by atoms with Crippen LogP contribution in [0.3, 0.4) is 0 Å². The van der Waals surface area contributed by atoms with Crippen molar-refractivity contribution in [2.45, 2.75) is 124 Å². The number of rotatable bonds is 20. The van der Waals surface area contributed by atoms with E-state index < -0.39 is 0 Å². The Morgan fingerprint density at radius 1 is 0.483 bits per heavy atom. The number of unbranched alkanes of at least 4 members (excludes halogenated alkanes) is 12. The molecule has 0 spiro atoms. The highest BCUT2D eigenvalue weighted by atomic mass is 15.3. The minimum Gasteiger partial charge on any atom is -0.320 e. The fourth-order valence-corrected chi connectivity index (χ4v) is 4.70. The summed E-state index contributed by atoms with van der Waals surface area (Å²) in [6.07, 6.45) is 21.1. The van der Waals surface area contributed by atoms with E-state index in [9.17, 15) is 0 Å². The third kappa shape index (κ3) is 13.2. The van der Waals surface area contributed by atoms with Gasteiger partial charge in [-0.15, -0.1) is 0 Å². The molecule has 1 aromatic rings. The van der Waals surface area contributed by atoms with Gasteiger partial charge in [-0.05, 0) is 38.5 Å². The molecule has 1 heteroatoms. The maximum Gasteiger partial charge on any atom is 0.104 e. The third-order valence-electron chi connectivity index (χ3n) is 6.57. The molecule has 0 saturated carbocycles. The van der Waals surface area contributed by atoms with E-state index in [1.54, 1.807) is 5.56 Å². The molecule has 29 heavy (non-hydrogen) atoms. The molecule has 0 fully saturated rings. The normalized spacial score (nSPS) is 11.8. The number of hydrogen-bond acceptors (Lipinski definition) is 0. The van der Waals surface area contributed by atoms with Crippen LogP contribution in [0.25, 0.3) is 0 Å². The second kappa shape index (κ2) is 18.0. The van der Waals surface area contributed by atoms with Crippen LogP contribution in [0.2, 0.25) is 0 Å². The van der Waals surface area contributed by atoms with Crippen molar-refractivity contribution in [2.24, 2.45) is 0 Å². The lowest BCUT2D eigenvalue weighted by atomic mass is 10.1. The van der Waals surface area contributed by atoms with Crippen molar-refractivity contribution < 1.29 is 4.48 Å². The van der Waals surface area contributed by atoms with Crippen LogP contribution in [0.4, 0.5) is 0 Å². The van der Waals surface area contributed by atoms with Gasteiger partial charge in [0.2, 0.25) is 0 Å². The number of hydrogen-bond donors (Lipinski definition) is 0. The minimum atomic E-state index is 1.25. The second-order valence-corrected chi connectivity index (χ2v) is 9.40. The molecule has 0 amide bonds. The first-order chi connectivity index (χ1) is 14.3. The van der Waals surface area contributed by atoms with Crippen LogP contribution in [0.5, 0.6) is 0 Å². The van der Waals surface area contributed by atoms with Crippen LogP contribution in [-0.2, 0) is 6.54 Å². The van der Waals surface area contributed by atoms with E-state index in [0.717, 1.165) is 0 Å². The Labute approximate surface area is 183 Å². The summed E-state index contributed by atoms with van der Waals surface area (Å²) in [6.45, 7) is 12.4. The molecule has 0 aromatic heterocycles. The van der Waals surface area contributed by atoms with Gasteiger partial charge in [0.05, 0.1) is 19.6 Å². The molecule has 0 radical (unpaired) electrons.